The van der Waals surface area contributed by atoms with Crippen LogP contribution < -0.4 is 10.1 Å². The van der Waals surface area contributed by atoms with E-state index in [-0.39, 0.29) is 5.91 Å². The lowest BCUT2D eigenvalue weighted by Gasteiger charge is -2.07. The van der Waals surface area contributed by atoms with Gasteiger partial charge in [-0.25, -0.2) is 4.98 Å². The first-order chi connectivity index (χ1) is 11.2. The first-order valence-corrected chi connectivity index (χ1v) is 6.84. The van der Waals surface area contributed by atoms with Crippen LogP contribution in [0.15, 0.2) is 45.9 Å². The molecule has 8 heteroatoms. The van der Waals surface area contributed by atoms with Crippen LogP contribution in [-0.2, 0) is 0 Å². The van der Waals surface area contributed by atoms with Crippen molar-refractivity contribution in [2.45, 2.75) is 13.0 Å². The molecule has 3 rings (SSSR count). The van der Waals surface area contributed by atoms with Gasteiger partial charge in [0.1, 0.15) is 12.3 Å². The molecule has 3 heterocycles. The molecule has 23 heavy (non-hydrogen) atoms. The number of hydrogen-bond donors (Lipinski definition) is 1. The fourth-order valence-corrected chi connectivity index (χ4v) is 1.90. The molecule has 0 radical (unpaired) electrons. The van der Waals surface area contributed by atoms with E-state index in [0.29, 0.717) is 28.7 Å². The number of aromatic nitrogens is 3. The number of methoxy groups -OCH3 is 1. The van der Waals surface area contributed by atoms with Gasteiger partial charge >= 0.3 is 0 Å². The van der Waals surface area contributed by atoms with Gasteiger partial charge in [0, 0.05) is 17.8 Å². The van der Waals surface area contributed by atoms with Gasteiger partial charge in [-0.05, 0) is 19.1 Å². The predicted octanol–water partition coefficient (Wildman–Crippen LogP) is 2.22. The van der Waals surface area contributed by atoms with Crippen LogP contribution in [0.2, 0.25) is 0 Å². The van der Waals surface area contributed by atoms with Gasteiger partial charge < -0.3 is 19.0 Å². The normalized spacial score (nSPS) is 11.9. The molecule has 1 atom stereocenters. The monoisotopic (exact) mass is 314 g/mol. The minimum atomic E-state index is -0.440. The number of rotatable bonds is 5. The third kappa shape index (κ3) is 3.20. The van der Waals surface area contributed by atoms with Crippen LogP contribution in [0.5, 0.6) is 5.88 Å². The molecule has 3 aromatic heterocycles. The van der Waals surface area contributed by atoms with E-state index in [1.807, 2.05) is 0 Å². The van der Waals surface area contributed by atoms with Crippen molar-refractivity contribution in [2.24, 2.45) is 0 Å². The highest BCUT2D eigenvalue weighted by Gasteiger charge is 2.18. The number of nitrogens with one attached hydrogen (secondary N) is 1. The number of carbonyl (C=O) groups is 1. The van der Waals surface area contributed by atoms with E-state index in [1.54, 1.807) is 38.4 Å². The minimum absolute atomic E-state index is 0.280. The molecule has 0 spiro atoms. The summed E-state index contributed by atoms with van der Waals surface area (Å²) in [6.07, 6.45) is 4.38. The van der Waals surface area contributed by atoms with Crippen molar-refractivity contribution in [1.29, 1.82) is 0 Å². The Balaban J connectivity index is 1.71. The Morgan fingerprint density at radius 1 is 1.35 bits per heavy atom. The first-order valence-electron chi connectivity index (χ1n) is 6.84. The number of nitrogens with zero attached hydrogens (tertiary/aromatic N) is 3. The van der Waals surface area contributed by atoms with Gasteiger partial charge in [-0.2, -0.15) is 4.98 Å². The SMILES string of the molecule is COc1ccc(-c2noc(C(C)NC(=O)c3ccoc3)n2)cn1. The zero-order valence-electron chi connectivity index (χ0n) is 12.5. The molecule has 118 valence electrons. The van der Waals surface area contributed by atoms with Crippen molar-refractivity contribution in [2.75, 3.05) is 7.11 Å². The van der Waals surface area contributed by atoms with E-state index >= 15 is 0 Å². The maximum absolute atomic E-state index is 12.0. The molecule has 8 nitrogen and oxygen atoms in total. The second-order valence-electron chi connectivity index (χ2n) is 4.75. The largest absolute Gasteiger partial charge is 0.481 e. The maximum atomic E-state index is 12.0. The number of amides is 1. The smallest absolute Gasteiger partial charge is 0.255 e. The summed E-state index contributed by atoms with van der Waals surface area (Å²) in [4.78, 5) is 20.3. The van der Waals surface area contributed by atoms with E-state index < -0.39 is 6.04 Å². The summed E-state index contributed by atoms with van der Waals surface area (Å²) in [5.74, 6) is 0.905. The standard InChI is InChI=1S/C15H14N4O4/c1-9(17-14(20)11-5-6-22-8-11)15-18-13(19-23-15)10-3-4-12(21-2)16-7-10/h3-9H,1-2H3,(H,17,20). The van der Waals surface area contributed by atoms with Crippen LogP contribution in [0, 0.1) is 0 Å². The quantitative estimate of drug-likeness (QED) is 0.770. The topological polar surface area (TPSA) is 103 Å². The minimum Gasteiger partial charge on any atom is -0.481 e. The molecule has 0 aromatic carbocycles. The van der Waals surface area contributed by atoms with Gasteiger partial charge in [-0.15, -0.1) is 0 Å². The molecule has 0 fully saturated rings. The molecule has 0 aliphatic rings. The Kier molecular flexibility index (Phi) is 4.05. The van der Waals surface area contributed by atoms with Gasteiger partial charge in [-0.3, -0.25) is 4.79 Å². The zero-order chi connectivity index (χ0) is 16.2. The van der Waals surface area contributed by atoms with Crippen LogP contribution in [0.25, 0.3) is 11.4 Å². The van der Waals surface area contributed by atoms with Gasteiger partial charge in [0.25, 0.3) is 5.91 Å². The Morgan fingerprint density at radius 3 is 2.87 bits per heavy atom. The molecule has 0 bridgehead atoms. The summed E-state index contributed by atoms with van der Waals surface area (Å²) < 4.78 is 15.1. The summed E-state index contributed by atoms with van der Waals surface area (Å²) in [5.41, 5.74) is 1.12. The van der Waals surface area contributed by atoms with Crippen molar-refractivity contribution in [3.05, 3.63) is 48.4 Å². The molecular weight excluding hydrogens is 300 g/mol. The molecule has 3 aromatic rings. The van der Waals surface area contributed by atoms with Crippen molar-refractivity contribution in [3.8, 4) is 17.3 Å². The van der Waals surface area contributed by atoms with Crippen molar-refractivity contribution in [3.63, 3.8) is 0 Å². The van der Waals surface area contributed by atoms with Crippen LogP contribution in [0.1, 0.15) is 29.2 Å². The summed E-state index contributed by atoms with van der Waals surface area (Å²) >= 11 is 0. The highest BCUT2D eigenvalue weighted by molar-refractivity contribution is 5.93. The predicted molar refractivity (Wildman–Crippen MR) is 78.7 cm³/mol. The third-order valence-corrected chi connectivity index (χ3v) is 3.15. The average Bonchev–Trinajstić information content (AvgIpc) is 3.26. The highest BCUT2D eigenvalue weighted by atomic mass is 16.5. The fraction of sp³-hybridized carbons (Fsp3) is 0.200. The second-order valence-corrected chi connectivity index (χ2v) is 4.75. The van der Waals surface area contributed by atoms with E-state index in [0.717, 1.165) is 0 Å². The maximum Gasteiger partial charge on any atom is 0.255 e. The first kappa shape index (κ1) is 14.8. The molecule has 0 saturated carbocycles. The van der Waals surface area contributed by atoms with Gasteiger partial charge in [0.2, 0.25) is 17.6 Å². The van der Waals surface area contributed by atoms with Gasteiger partial charge in [0.05, 0.1) is 18.9 Å². The van der Waals surface area contributed by atoms with Gasteiger partial charge in [-0.1, -0.05) is 5.16 Å². The Bertz CT molecular complexity index is 780. The average molecular weight is 314 g/mol. The van der Waals surface area contributed by atoms with Gasteiger partial charge in [0.15, 0.2) is 0 Å². The molecule has 0 saturated heterocycles. The summed E-state index contributed by atoms with van der Waals surface area (Å²) in [6, 6.07) is 4.61. The van der Waals surface area contributed by atoms with E-state index in [1.165, 1.54) is 12.5 Å². The molecule has 1 N–H and O–H groups in total. The van der Waals surface area contributed by atoms with E-state index in [9.17, 15) is 4.79 Å². The number of pyridine rings is 1. The Hall–Kier alpha value is -3.16. The van der Waals surface area contributed by atoms with E-state index in [4.69, 9.17) is 13.7 Å². The van der Waals surface area contributed by atoms with Crippen molar-refractivity contribution in [1.82, 2.24) is 20.4 Å². The molecule has 1 unspecified atom stereocenters. The second kappa shape index (κ2) is 6.30. The number of ether oxygens (including phenoxy) is 1. The molecular formula is C15H14N4O4. The third-order valence-electron chi connectivity index (χ3n) is 3.15. The number of furan rings is 1. The van der Waals surface area contributed by atoms with Crippen LogP contribution in [0.3, 0.4) is 0 Å². The zero-order valence-corrected chi connectivity index (χ0v) is 12.5. The van der Waals surface area contributed by atoms with Crippen LogP contribution in [0.4, 0.5) is 0 Å². The summed E-state index contributed by atoms with van der Waals surface area (Å²) in [5, 5.41) is 6.65. The number of hydrogen-bond acceptors (Lipinski definition) is 7. The molecule has 0 aliphatic carbocycles. The fourth-order valence-electron chi connectivity index (χ4n) is 1.90. The molecule has 1 amide bonds. The van der Waals surface area contributed by atoms with Crippen LogP contribution in [-0.4, -0.2) is 28.1 Å². The Morgan fingerprint density at radius 2 is 2.22 bits per heavy atom. The van der Waals surface area contributed by atoms with Crippen molar-refractivity contribution < 1.29 is 18.5 Å². The Labute approximate surface area is 131 Å². The molecule has 0 aliphatic heterocycles. The van der Waals surface area contributed by atoms with E-state index in [2.05, 4.69) is 20.4 Å². The summed E-state index contributed by atoms with van der Waals surface area (Å²) in [7, 11) is 1.54. The lowest BCUT2D eigenvalue weighted by atomic mass is 10.2. The van der Waals surface area contributed by atoms with Crippen molar-refractivity contribution >= 4 is 5.91 Å². The number of carbonyl (C=O) groups excluding carboxylic acids is 1. The van der Waals surface area contributed by atoms with Crippen LogP contribution >= 0.6 is 0 Å². The lowest BCUT2D eigenvalue weighted by Crippen LogP contribution is -2.26. The summed E-state index contributed by atoms with van der Waals surface area (Å²) in [6.45, 7) is 1.75. The highest BCUT2D eigenvalue weighted by Crippen LogP contribution is 2.19. The lowest BCUT2D eigenvalue weighted by molar-refractivity contribution is 0.0932.